The van der Waals surface area contributed by atoms with Crippen molar-refractivity contribution in [3.63, 3.8) is 0 Å². The van der Waals surface area contributed by atoms with Gasteiger partial charge in [0.2, 0.25) is 0 Å². The number of hydrogen-bond donors (Lipinski definition) is 0. The van der Waals surface area contributed by atoms with Gasteiger partial charge < -0.3 is 9.47 Å². The molecule has 1 aliphatic heterocycles. The molecule has 84 valence electrons. The second kappa shape index (κ2) is 4.90. The molecule has 16 heavy (non-hydrogen) atoms. The summed E-state index contributed by atoms with van der Waals surface area (Å²) >= 11 is 0. The van der Waals surface area contributed by atoms with Crippen LogP contribution in [0.15, 0.2) is 24.4 Å². The molecule has 2 heterocycles. The van der Waals surface area contributed by atoms with Gasteiger partial charge in [-0.2, -0.15) is 0 Å². The smallest absolute Gasteiger partial charge is 0.356 e. The number of hydrogen-bond acceptors (Lipinski definition) is 4. The second-order valence-corrected chi connectivity index (χ2v) is 3.48. The highest BCUT2D eigenvalue weighted by molar-refractivity contribution is 5.87. The van der Waals surface area contributed by atoms with Crippen LogP contribution in [0.1, 0.15) is 22.5 Å². The molecule has 0 saturated carbocycles. The van der Waals surface area contributed by atoms with Gasteiger partial charge >= 0.3 is 5.97 Å². The average molecular weight is 219 g/mol. The maximum Gasteiger partial charge on any atom is 0.356 e. The van der Waals surface area contributed by atoms with Gasteiger partial charge in [-0.3, -0.25) is 0 Å². The van der Waals surface area contributed by atoms with Crippen molar-refractivity contribution >= 4 is 11.5 Å². The van der Waals surface area contributed by atoms with Crippen molar-refractivity contribution in [2.45, 2.75) is 6.42 Å². The van der Waals surface area contributed by atoms with Gasteiger partial charge in [0, 0.05) is 6.20 Å². The Labute approximate surface area is 93.9 Å². The number of pyridine rings is 1. The molecule has 0 aromatic carbocycles. The molecule has 0 fully saturated rings. The van der Waals surface area contributed by atoms with Crippen molar-refractivity contribution < 1.29 is 14.3 Å². The van der Waals surface area contributed by atoms with E-state index in [0.717, 1.165) is 18.6 Å². The fraction of sp³-hybridized carbons (Fsp3) is 0.333. The van der Waals surface area contributed by atoms with Gasteiger partial charge in [-0.05, 0) is 23.6 Å². The van der Waals surface area contributed by atoms with Crippen LogP contribution in [-0.2, 0) is 9.47 Å². The van der Waals surface area contributed by atoms with E-state index >= 15 is 0 Å². The molecule has 4 nitrogen and oxygen atoms in total. The average Bonchev–Trinajstić information content (AvgIpc) is 2.39. The van der Waals surface area contributed by atoms with E-state index in [1.807, 2.05) is 12.1 Å². The lowest BCUT2D eigenvalue weighted by Gasteiger charge is -2.13. The van der Waals surface area contributed by atoms with Gasteiger partial charge in [0.15, 0.2) is 0 Å². The maximum absolute atomic E-state index is 11.2. The fourth-order valence-corrected chi connectivity index (χ4v) is 1.60. The van der Waals surface area contributed by atoms with Crippen molar-refractivity contribution in [3.05, 3.63) is 35.7 Å². The zero-order chi connectivity index (χ0) is 11.4. The first-order valence-corrected chi connectivity index (χ1v) is 5.13. The Balaban J connectivity index is 2.18. The summed E-state index contributed by atoms with van der Waals surface area (Å²) in [5, 5.41) is 0. The molecule has 0 amide bonds. The maximum atomic E-state index is 11.2. The van der Waals surface area contributed by atoms with Gasteiger partial charge in [-0.25, -0.2) is 9.78 Å². The standard InChI is InChI=1S/C12H13NO3/c1-15-12(14)11-3-2-10(8-13-11)9-4-6-16-7-5-9/h2-4,8H,5-7H2,1H3. The monoisotopic (exact) mass is 219 g/mol. The topological polar surface area (TPSA) is 48.4 Å². The van der Waals surface area contributed by atoms with E-state index in [-0.39, 0.29) is 0 Å². The Morgan fingerprint density at radius 1 is 1.50 bits per heavy atom. The normalized spacial score (nSPS) is 15.4. The van der Waals surface area contributed by atoms with E-state index in [0.29, 0.717) is 12.3 Å². The third-order valence-corrected chi connectivity index (χ3v) is 2.49. The first-order chi connectivity index (χ1) is 7.81. The van der Waals surface area contributed by atoms with Crippen molar-refractivity contribution in [1.82, 2.24) is 4.98 Å². The fourth-order valence-electron chi connectivity index (χ4n) is 1.60. The van der Waals surface area contributed by atoms with Crippen molar-refractivity contribution in [1.29, 1.82) is 0 Å². The lowest BCUT2D eigenvalue weighted by molar-refractivity contribution is 0.0594. The molecule has 4 heteroatoms. The van der Waals surface area contributed by atoms with Gasteiger partial charge in [0.05, 0.1) is 20.3 Å². The summed E-state index contributed by atoms with van der Waals surface area (Å²) in [5.41, 5.74) is 2.59. The van der Waals surface area contributed by atoms with E-state index in [1.54, 1.807) is 12.3 Å². The number of nitrogens with zero attached hydrogens (tertiary/aromatic N) is 1. The van der Waals surface area contributed by atoms with Crippen LogP contribution in [0.4, 0.5) is 0 Å². The largest absolute Gasteiger partial charge is 0.464 e. The van der Waals surface area contributed by atoms with E-state index in [1.165, 1.54) is 12.7 Å². The number of esters is 1. The molecule has 2 rings (SSSR count). The van der Waals surface area contributed by atoms with E-state index in [9.17, 15) is 4.79 Å². The van der Waals surface area contributed by atoms with Crippen LogP contribution in [-0.4, -0.2) is 31.3 Å². The zero-order valence-electron chi connectivity index (χ0n) is 9.10. The molecule has 0 saturated heterocycles. The molecule has 0 N–H and O–H groups in total. The van der Waals surface area contributed by atoms with Crippen molar-refractivity contribution in [3.8, 4) is 0 Å². The van der Waals surface area contributed by atoms with Crippen LogP contribution in [0.5, 0.6) is 0 Å². The van der Waals surface area contributed by atoms with Crippen LogP contribution in [0, 0.1) is 0 Å². The van der Waals surface area contributed by atoms with Gasteiger partial charge in [-0.15, -0.1) is 0 Å². The minimum Gasteiger partial charge on any atom is -0.464 e. The summed E-state index contributed by atoms with van der Waals surface area (Å²) in [6.45, 7) is 1.39. The number of ether oxygens (including phenoxy) is 2. The molecule has 0 aliphatic carbocycles. The van der Waals surface area contributed by atoms with Crippen LogP contribution in [0.2, 0.25) is 0 Å². The minimum atomic E-state index is -0.410. The molecular weight excluding hydrogens is 206 g/mol. The van der Waals surface area contributed by atoms with Gasteiger partial charge in [-0.1, -0.05) is 12.1 Å². The Hall–Kier alpha value is -1.68. The second-order valence-electron chi connectivity index (χ2n) is 3.48. The molecule has 0 radical (unpaired) electrons. The van der Waals surface area contributed by atoms with Crippen LogP contribution < -0.4 is 0 Å². The molecule has 1 aliphatic rings. The summed E-state index contributed by atoms with van der Waals surface area (Å²) in [6, 6.07) is 3.56. The van der Waals surface area contributed by atoms with E-state index in [4.69, 9.17) is 4.74 Å². The van der Waals surface area contributed by atoms with Gasteiger partial charge in [0.1, 0.15) is 5.69 Å². The number of aromatic nitrogens is 1. The van der Waals surface area contributed by atoms with Crippen molar-refractivity contribution in [2.75, 3.05) is 20.3 Å². The third-order valence-electron chi connectivity index (χ3n) is 2.49. The van der Waals surface area contributed by atoms with E-state index < -0.39 is 5.97 Å². The summed E-state index contributed by atoms with van der Waals surface area (Å²) < 4.78 is 9.82. The SMILES string of the molecule is COC(=O)c1ccc(C2=CCOCC2)cn1. The zero-order valence-corrected chi connectivity index (χ0v) is 9.10. The van der Waals surface area contributed by atoms with Crippen LogP contribution in [0.25, 0.3) is 5.57 Å². The lowest BCUT2D eigenvalue weighted by Crippen LogP contribution is -2.06. The molecule has 0 unspecified atom stereocenters. The predicted octanol–water partition coefficient (Wildman–Crippen LogP) is 1.67. The highest BCUT2D eigenvalue weighted by Crippen LogP contribution is 2.20. The van der Waals surface area contributed by atoms with Crippen LogP contribution in [0.3, 0.4) is 0 Å². The third kappa shape index (κ3) is 2.28. The Morgan fingerprint density at radius 3 is 2.94 bits per heavy atom. The number of methoxy groups -OCH3 is 1. The molecule has 0 bridgehead atoms. The predicted molar refractivity (Wildman–Crippen MR) is 59.0 cm³/mol. The summed E-state index contributed by atoms with van der Waals surface area (Å²) in [4.78, 5) is 15.3. The Morgan fingerprint density at radius 2 is 2.38 bits per heavy atom. The Kier molecular flexibility index (Phi) is 3.31. The molecule has 0 atom stereocenters. The highest BCUT2D eigenvalue weighted by Gasteiger charge is 2.09. The summed E-state index contributed by atoms with van der Waals surface area (Å²) in [5.74, 6) is -0.410. The van der Waals surface area contributed by atoms with Crippen LogP contribution >= 0.6 is 0 Å². The first-order valence-electron chi connectivity index (χ1n) is 5.13. The first kappa shape index (κ1) is 10.8. The van der Waals surface area contributed by atoms with E-state index in [2.05, 4.69) is 9.72 Å². The highest BCUT2D eigenvalue weighted by atomic mass is 16.5. The summed E-state index contributed by atoms with van der Waals surface area (Å²) in [6.07, 6.45) is 4.63. The van der Waals surface area contributed by atoms with Gasteiger partial charge in [0.25, 0.3) is 0 Å². The summed E-state index contributed by atoms with van der Waals surface area (Å²) in [7, 11) is 1.35. The molecular formula is C12H13NO3. The molecule has 1 aromatic heterocycles. The molecule has 0 spiro atoms. The Bertz CT molecular complexity index is 409. The van der Waals surface area contributed by atoms with Crippen molar-refractivity contribution in [2.24, 2.45) is 0 Å². The number of carbonyl (C=O) groups is 1. The lowest BCUT2D eigenvalue weighted by atomic mass is 10.0. The number of rotatable bonds is 2. The quantitative estimate of drug-likeness (QED) is 0.710. The minimum absolute atomic E-state index is 0.332. The number of carbonyl (C=O) groups excluding carboxylic acids is 1. The molecule has 1 aromatic rings.